The number of para-hydroxylation sites is 1. The maximum absolute atomic E-state index is 9.73. The summed E-state index contributed by atoms with van der Waals surface area (Å²) in [5, 5.41) is 22.5. The minimum atomic E-state index is -0.0885. The first kappa shape index (κ1) is 13.9. The number of hydrogen-bond acceptors (Lipinski definition) is 3. The summed E-state index contributed by atoms with van der Waals surface area (Å²) in [6.07, 6.45) is 0. The molecule has 0 spiro atoms. The van der Waals surface area contributed by atoms with Gasteiger partial charge in [-0.3, -0.25) is 0 Å². The molecule has 0 unspecified atom stereocenters. The Labute approximate surface area is 121 Å². The molecule has 100 valence electrons. The van der Waals surface area contributed by atoms with Crippen molar-refractivity contribution in [2.24, 2.45) is 0 Å². The zero-order chi connectivity index (χ0) is 13.8. The Balaban J connectivity index is 2.04. The van der Waals surface area contributed by atoms with E-state index in [-0.39, 0.29) is 17.5 Å². The second-order valence-electron chi connectivity index (χ2n) is 4.44. The van der Waals surface area contributed by atoms with E-state index in [9.17, 15) is 10.2 Å². The van der Waals surface area contributed by atoms with Crippen LogP contribution in [0.2, 0.25) is 0 Å². The predicted molar refractivity (Wildman–Crippen MR) is 79.2 cm³/mol. The van der Waals surface area contributed by atoms with Crippen molar-refractivity contribution in [2.75, 3.05) is 0 Å². The Hall–Kier alpha value is -1.52. The quantitative estimate of drug-likeness (QED) is 0.752. The van der Waals surface area contributed by atoms with Crippen LogP contribution in [-0.2, 0) is 6.54 Å². The van der Waals surface area contributed by atoms with E-state index in [1.807, 2.05) is 18.2 Å². The van der Waals surface area contributed by atoms with Crippen LogP contribution in [0.25, 0.3) is 0 Å². The molecule has 0 heterocycles. The topological polar surface area (TPSA) is 52.5 Å². The Morgan fingerprint density at radius 1 is 1.16 bits per heavy atom. The number of hydrogen-bond donors (Lipinski definition) is 3. The van der Waals surface area contributed by atoms with Gasteiger partial charge in [0.1, 0.15) is 0 Å². The molecule has 0 aliphatic heterocycles. The summed E-state index contributed by atoms with van der Waals surface area (Å²) >= 11 is 3.45. The molecule has 0 bridgehead atoms. The summed E-state index contributed by atoms with van der Waals surface area (Å²) in [7, 11) is 0. The molecule has 0 radical (unpaired) electrons. The van der Waals surface area contributed by atoms with Crippen molar-refractivity contribution in [1.29, 1.82) is 0 Å². The minimum absolute atomic E-state index is 0.0588. The molecule has 2 rings (SSSR count). The molecular weight excluding hydrogens is 306 g/mol. The smallest absolute Gasteiger partial charge is 0.161 e. The van der Waals surface area contributed by atoms with Crippen LogP contribution >= 0.6 is 15.9 Å². The zero-order valence-electron chi connectivity index (χ0n) is 10.6. The number of phenolic OH excluding ortho intramolecular Hbond substituents is 2. The first-order chi connectivity index (χ1) is 9.08. The lowest BCUT2D eigenvalue weighted by Gasteiger charge is -2.15. The van der Waals surface area contributed by atoms with Gasteiger partial charge in [0.05, 0.1) is 0 Å². The summed E-state index contributed by atoms with van der Waals surface area (Å²) in [6, 6.07) is 13.2. The summed E-state index contributed by atoms with van der Waals surface area (Å²) in [4.78, 5) is 0. The molecule has 0 amide bonds. The first-order valence-corrected chi connectivity index (χ1v) is 6.86. The van der Waals surface area contributed by atoms with Gasteiger partial charge in [-0.05, 0) is 30.7 Å². The van der Waals surface area contributed by atoms with Crippen LogP contribution in [0.3, 0.4) is 0 Å². The fraction of sp³-hybridized carbons (Fsp3) is 0.200. The standard InChI is InChI=1S/C15H16BrNO2/c1-10(11-4-2-6-13(16)8-11)17-9-12-5-3-7-14(18)15(12)19/h2-8,10,17-19H,9H2,1H3/t10-/m0/s1. The summed E-state index contributed by atoms with van der Waals surface area (Å²) in [6.45, 7) is 2.55. The van der Waals surface area contributed by atoms with E-state index >= 15 is 0 Å². The van der Waals surface area contributed by atoms with E-state index < -0.39 is 0 Å². The lowest BCUT2D eigenvalue weighted by Crippen LogP contribution is -2.18. The molecule has 0 saturated heterocycles. The Kier molecular flexibility index (Phi) is 4.45. The van der Waals surface area contributed by atoms with E-state index in [0.717, 1.165) is 10.0 Å². The molecule has 0 aromatic heterocycles. The predicted octanol–water partition coefficient (Wildman–Crippen LogP) is 3.71. The highest BCUT2D eigenvalue weighted by Crippen LogP contribution is 2.28. The van der Waals surface area contributed by atoms with Gasteiger partial charge in [0.15, 0.2) is 11.5 Å². The van der Waals surface area contributed by atoms with Gasteiger partial charge in [-0.2, -0.15) is 0 Å². The van der Waals surface area contributed by atoms with Crippen LogP contribution in [-0.4, -0.2) is 10.2 Å². The first-order valence-electron chi connectivity index (χ1n) is 6.06. The van der Waals surface area contributed by atoms with Crippen molar-refractivity contribution in [3.05, 3.63) is 58.1 Å². The van der Waals surface area contributed by atoms with Gasteiger partial charge in [-0.25, -0.2) is 0 Å². The van der Waals surface area contributed by atoms with Gasteiger partial charge in [-0.15, -0.1) is 0 Å². The molecule has 2 aromatic carbocycles. The molecule has 0 fully saturated rings. The van der Waals surface area contributed by atoms with E-state index in [1.165, 1.54) is 6.07 Å². The second kappa shape index (κ2) is 6.08. The fourth-order valence-electron chi connectivity index (χ4n) is 1.88. The van der Waals surface area contributed by atoms with Crippen LogP contribution in [0.4, 0.5) is 0 Å². The van der Waals surface area contributed by atoms with E-state index in [0.29, 0.717) is 12.1 Å². The fourth-order valence-corrected chi connectivity index (χ4v) is 2.29. The summed E-state index contributed by atoms with van der Waals surface area (Å²) < 4.78 is 1.04. The van der Waals surface area contributed by atoms with Crippen LogP contribution in [0.5, 0.6) is 11.5 Å². The average Bonchev–Trinajstić information content (AvgIpc) is 2.40. The molecule has 3 nitrogen and oxygen atoms in total. The molecule has 2 aromatic rings. The monoisotopic (exact) mass is 321 g/mol. The van der Waals surface area contributed by atoms with Crippen molar-refractivity contribution < 1.29 is 10.2 Å². The van der Waals surface area contributed by atoms with Crippen LogP contribution < -0.4 is 5.32 Å². The highest BCUT2D eigenvalue weighted by molar-refractivity contribution is 9.10. The lowest BCUT2D eigenvalue weighted by molar-refractivity contribution is 0.396. The van der Waals surface area contributed by atoms with Crippen LogP contribution in [0.1, 0.15) is 24.1 Å². The molecule has 3 N–H and O–H groups in total. The van der Waals surface area contributed by atoms with E-state index in [2.05, 4.69) is 34.2 Å². The number of rotatable bonds is 4. The van der Waals surface area contributed by atoms with Crippen molar-refractivity contribution in [3.8, 4) is 11.5 Å². The number of benzene rings is 2. The molecule has 4 heteroatoms. The number of aromatic hydroxyl groups is 2. The van der Waals surface area contributed by atoms with Crippen molar-refractivity contribution in [3.63, 3.8) is 0 Å². The Morgan fingerprint density at radius 3 is 2.63 bits per heavy atom. The van der Waals surface area contributed by atoms with Gasteiger partial charge < -0.3 is 15.5 Å². The van der Waals surface area contributed by atoms with Crippen molar-refractivity contribution >= 4 is 15.9 Å². The van der Waals surface area contributed by atoms with E-state index in [1.54, 1.807) is 12.1 Å². The average molecular weight is 322 g/mol. The molecule has 0 aliphatic rings. The van der Waals surface area contributed by atoms with Gasteiger partial charge in [0.2, 0.25) is 0 Å². The molecule has 0 aliphatic carbocycles. The number of halogens is 1. The lowest BCUT2D eigenvalue weighted by atomic mass is 10.1. The van der Waals surface area contributed by atoms with Gasteiger partial charge in [-0.1, -0.05) is 40.2 Å². The molecule has 0 saturated carbocycles. The third kappa shape index (κ3) is 3.49. The third-order valence-corrected chi connectivity index (χ3v) is 3.54. The van der Waals surface area contributed by atoms with Gasteiger partial charge in [0.25, 0.3) is 0 Å². The highest BCUT2D eigenvalue weighted by atomic mass is 79.9. The van der Waals surface area contributed by atoms with E-state index in [4.69, 9.17) is 0 Å². The molecule has 19 heavy (non-hydrogen) atoms. The second-order valence-corrected chi connectivity index (χ2v) is 5.36. The third-order valence-electron chi connectivity index (χ3n) is 3.05. The van der Waals surface area contributed by atoms with Crippen LogP contribution in [0.15, 0.2) is 46.9 Å². The zero-order valence-corrected chi connectivity index (χ0v) is 12.2. The van der Waals surface area contributed by atoms with Crippen LogP contribution in [0, 0.1) is 0 Å². The summed E-state index contributed by atoms with van der Waals surface area (Å²) in [5.74, 6) is -0.147. The Morgan fingerprint density at radius 2 is 1.89 bits per heavy atom. The number of phenols is 2. The minimum Gasteiger partial charge on any atom is -0.504 e. The van der Waals surface area contributed by atoms with Gasteiger partial charge >= 0.3 is 0 Å². The Bertz CT molecular complexity index is 572. The largest absolute Gasteiger partial charge is 0.504 e. The van der Waals surface area contributed by atoms with Crippen molar-refractivity contribution in [1.82, 2.24) is 5.32 Å². The van der Waals surface area contributed by atoms with Crippen molar-refractivity contribution in [2.45, 2.75) is 19.5 Å². The maximum Gasteiger partial charge on any atom is 0.161 e. The SMILES string of the molecule is C[C@H](NCc1cccc(O)c1O)c1cccc(Br)c1. The number of nitrogens with one attached hydrogen (secondary N) is 1. The highest BCUT2D eigenvalue weighted by Gasteiger charge is 2.09. The maximum atomic E-state index is 9.73. The molecular formula is C15H16BrNO2. The molecule has 1 atom stereocenters. The normalized spacial score (nSPS) is 12.3. The van der Waals surface area contributed by atoms with Gasteiger partial charge in [0, 0.05) is 22.6 Å². The summed E-state index contributed by atoms with van der Waals surface area (Å²) in [5.41, 5.74) is 1.84.